The molecule has 1 heterocycles. The number of rotatable bonds is 9. The first kappa shape index (κ1) is 20.0. The number of nitrogens with zero attached hydrogens (tertiary/aromatic N) is 4. The van der Waals surface area contributed by atoms with Gasteiger partial charge >= 0.3 is 0 Å². The normalized spacial score (nSPS) is 10.6. The fraction of sp³-hybridized carbons (Fsp3) is 0.444. The van der Waals surface area contributed by atoms with Crippen LogP contribution in [0.5, 0.6) is 0 Å². The van der Waals surface area contributed by atoms with Gasteiger partial charge in [-0.15, -0.1) is 10.2 Å². The van der Waals surface area contributed by atoms with Gasteiger partial charge in [0, 0.05) is 31.4 Å². The number of carbonyl (C=O) groups is 2. The zero-order chi connectivity index (χ0) is 18.9. The number of nitrogens with one attached hydrogen (secondary N) is 1. The van der Waals surface area contributed by atoms with Crippen molar-refractivity contribution >= 4 is 29.3 Å². The molecule has 140 valence electrons. The van der Waals surface area contributed by atoms with Crippen molar-refractivity contribution in [2.75, 3.05) is 24.2 Å². The molecule has 1 N–H and O–H groups in total. The standard InChI is InChI=1S/C18H25N5O2S/c1-4-6-10-23(5-2)17(25)14-8-7-9-15(11-14)20-16(24)12-26-18-21-19-13-22(18)3/h7-9,11,13H,4-6,10,12H2,1-3H3,(H,20,24). The third-order valence-corrected chi connectivity index (χ3v) is 4.88. The molecule has 0 aliphatic carbocycles. The van der Waals surface area contributed by atoms with Crippen molar-refractivity contribution < 1.29 is 9.59 Å². The minimum atomic E-state index is -0.152. The van der Waals surface area contributed by atoms with Crippen molar-refractivity contribution in [3.8, 4) is 0 Å². The smallest absolute Gasteiger partial charge is 0.253 e. The summed E-state index contributed by atoms with van der Waals surface area (Å²) in [5.41, 5.74) is 1.20. The molecule has 7 nitrogen and oxygen atoms in total. The number of aryl methyl sites for hydroxylation is 1. The van der Waals surface area contributed by atoms with E-state index in [1.807, 2.05) is 18.9 Å². The second-order valence-electron chi connectivity index (χ2n) is 5.88. The lowest BCUT2D eigenvalue weighted by Gasteiger charge is -2.21. The number of amides is 2. The first-order chi connectivity index (χ1) is 12.5. The largest absolute Gasteiger partial charge is 0.339 e. The molecule has 0 aliphatic rings. The van der Waals surface area contributed by atoms with E-state index in [4.69, 9.17) is 0 Å². The topological polar surface area (TPSA) is 80.1 Å². The Labute approximate surface area is 158 Å². The van der Waals surface area contributed by atoms with Crippen molar-refractivity contribution in [3.05, 3.63) is 36.2 Å². The predicted molar refractivity (Wildman–Crippen MR) is 103 cm³/mol. The third kappa shape index (κ3) is 5.59. The second kappa shape index (κ2) is 9.96. The molecule has 2 aromatic rings. The molecule has 0 unspecified atom stereocenters. The van der Waals surface area contributed by atoms with Crippen molar-refractivity contribution in [2.45, 2.75) is 31.8 Å². The van der Waals surface area contributed by atoms with Gasteiger partial charge in [-0.25, -0.2) is 0 Å². The van der Waals surface area contributed by atoms with Crippen LogP contribution in [0.25, 0.3) is 0 Å². The van der Waals surface area contributed by atoms with E-state index >= 15 is 0 Å². The van der Waals surface area contributed by atoms with Gasteiger partial charge in [0.2, 0.25) is 5.91 Å². The molecule has 0 atom stereocenters. The Bertz CT molecular complexity index is 747. The quantitative estimate of drug-likeness (QED) is 0.682. The summed E-state index contributed by atoms with van der Waals surface area (Å²) in [5, 5.41) is 11.2. The van der Waals surface area contributed by atoms with Gasteiger partial charge in [-0.3, -0.25) is 9.59 Å². The van der Waals surface area contributed by atoms with E-state index in [1.54, 1.807) is 35.2 Å². The molecule has 0 saturated heterocycles. The molecule has 0 radical (unpaired) electrons. The first-order valence-corrected chi connectivity index (χ1v) is 9.69. The number of benzene rings is 1. The van der Waals surface area contributed by atoms with E-state index in [2.05, 4.69) is 22.4 Å². The molecule has 0 saturated carbocycles. The van der Waals surface area contributed by atoms with Gasteiger partial charge < -0.3 is 14.8 Å². The van der Waals surface area contributed by atoms with E-state index in [0.29, 0.717) is 23.0 Å². The van der Waals surface area contributed by atoms with Gasteiger partial charge in [0.15, 0.2) is 5.16 Å². The number of anilines is 1. The van der Waals surface area contributed by atoms with E-state index in [1.165, 1.54) is 11.8 Å². The van der Waals surface area contributed by atoms with Crippen LogP contribution < -0.4 is 5.32 Å². The molecule has 2 rings (SSSR count). The summed E-state index contributed by atoms with van der Waals surface area (Å²) >= 11 is 1.31. The fourth-order valence-electron chi connectivity index (χ4n) is 2.40. The zero-order valence-corrected chi connectivity index (χ0v) is 16.3. The molecular formula is C18H25N5O2S. The molecule has 0 spiro atoms. The first-order valence-electron chi connectivity index (χ1n) is 8.71. The average molecular weight is 375 g/mol. The van der Waals surface area contributed by atoms with E-state index in [0.717, 1.165) is 19.4 Å². The number of hydrogen-bond acceptors (Lipinski definition) is 5. The zero-order valence-electron chi connectivity index (χ0n) is 15.4. The number of unbranched alkanes of at least 4 members (excludes halogenated alkanes) is 1. The molecule has 0 aliphatic heterocycles. The van der Waals surface area contributed by atoms with E-state index < -0.39 is 0 Å². The van der Waals surface area contributed by atoms with E-state index in [-0.39, 0.29) is 17.6 Å². The van der Waals surface area contributed by atoms with Gasteiger partial charge in [0.1, 0.15) is 6.33 Å². The minimum absolute atomic E-state index is 0.00879. The Morgan fingerprint density at radius 1 is 1.31 bits per heavy atom. The van der Waals surface area contributed by atoms with Crippen molar-refractivity contribution in [1.29, 1.82) is 0 Å². The highest BCUT2D eigenvalue weighted by Gasteiger charge is 2.14. The van der Waals surface area contributed by atoms with E-state index in [9.17, 15) is 9.59 Å². The Morgan fingerprint density at radius 2 is 2.12 bits per heavy atom. The van der Waals surface area contributed by atoms with Crippen LogP contribution in [0.3, 0.4) is 0 Å². The highest BCUT2D eigenvalue weighted by atomic mass is 32.2. The van der Waals surface area contributed by atoms with Crippen LogP contribution in [0.15, 0.2) is 35.7 Å². The second-order valence-corrected chi connectivity index (χ2v) is 6.82. The predicted octanol–water partition coefficient (Wildman–Crippen LogP) is 2.81. The summed E-state index contributed by atoms with van der Waals surface area (Å²) in [4.78, 5) is 26.6. The maximum Gasteiger partial charge on any atom is 0.253 e. The molecule has 1 aromatic carbocycles. The lowest BCUT2D eigenvalue weighted by Crippen LogP contribution is -2.31. The number of carbonyl (C=O) groups excluding carboxylic acids is 2. The Morgan fingerprint density at radius 3 is 2.77 bits per heavy atom. The van der Waals surface area contributed by atoms with Crippen LogP contribution in [0.1, 0.15) is 37.0 Å². The van der Waals surface area contributed by atoms with Crippen LogP contribution in [-0.4, -0.2) is 50.3 Å². The molecule has 1 aromatic heterocycles. The summed E-state index contributed by atoms with van der Waals surface area (Å²) in [7, 11) is 1.83. The van der Waals surface area contributed by atoms with Gasteiger partial charge in [0.05, 0.1) is 5.75 Å². The summed E-state index contributed by atoms with van der Waals surface area (Å²) in [6.07, 6.45) is 3.62. The molecule has 2 amide bonds. The maximum atomic E-state index is 12.6. The number of hydrogen-bond donors (Lipinski definition) is 1. The highest BCUT2D eigenvalue weighted by Crippen LogP contribution is 2.16. The van der Waals surface area contributed by atoms with Crippen LogP contribution in [0.2, 0.25) is 0 Å². The van der Waals surface area contributed by atoms with Crippen molar-refractivity contribution in [3.63, 3.8) is 0 Å². The Kier molecular flexibility index (Phi) is 7.65. The third-order valence-electron chi connectivity index (χ3n) is 3.85. The van der Waals surface area contributed by atoms with Gasteiger partial charge in [-0.2, -0.15) is 0 Å². The van der Waals surface area contributed by atoms with Crippen molar-refractivity contribution in [1.82, 2.24) is 19.7 Å². The average Bonchev–Trinajstić information content (AvgIpc) is 3.05. The summed E-state index contributed by atoms with van der Waals surface area (Å²) in [5.74, 6) is 0.0638. The van der Waals surface area contributed by atoms with Crippen LogP contribution in [0, 0.1) is 0 Å². The minimum Gasteiger partial charge on any atom is -0.339 e. The highest BCUT2D eigenvalue weighted by molar-refractivity contribution is 7.99. The molecular weight excluding hydrogens is 350 g/mol. The van der Waals surface area contributed by atoms with Crippen LogP contribution in [-0.2, 0) is 11.8 Å². The molecule has 0 fully saturated rings. The van der Waals surface area contributed by atoms with Gasteiger partial charge in [-0.1, -0.05) is 31.2 Å². The lowest BCUT2D eigenvalue weighted by molar-refractivity contribution is -0.113. The Balaban J connectivity index is 1.96. The summed E-state index contributed by atoms with van der Waals surface area (Å²) in [6.45, 7) is 5.50. The number of thioether (sulfide) groups is 1. The molecule has 0 bridgehead atoms. The lowest BCUT2D eigenvalue weighted by atomic mass is 10.1. The fourth-order valence-corrected chi connectivity index (χ4v) is 3.08. The summed E-state index contributed by atoms with van der Waals surface area (Å²) < 4.78 is 1.76. The molecule has 8 heteroatoms. The van der Waals surface area contributed by atoms with Gasteiger partial charge in [-0.05, 0) is 31.5 Å². The monoisotopic (exact) mass is 375 g/mol. The van der Waals surface area contributed by atoms with Crippen LogP contribution in [0.4, 0.5) is 5.69 Å². The summed E-state index contributed by atoms with van der Waals surface area (Å²) in [6, 6.07) is 7.07. The molecule has 26 heavy (non-hydrogen) atoms. The van der Waals surface area contributed by atoms with Gasteiger partial charge in [0.25, 0.3) is 5.91 Å². The SMILES string of the molecule is CCCCN(CC)C(=O)c1cccc(NC(=O)CSc2nncn2C)c1. The number of aromatic nitrogens is 3. The Hall–Kier alpha value is -2.35. The van der Waals surface area contributed by atoms with Crippen LogP contribution >= 0.6 is 11.8 Å². The van der Waals surface area contributed by atoms with Crippen molar-refractivity contribution in [2.24, 2.45) is 7.05 Å². The maximum absolute atomic E-state index is 12.6.